The summed E-state index contributed by atoms with van der Waals surface area (Å²) in [4.78, 5) is 21.9. The minimum absolute atomic E-state index is 0. The second kappa shape index (κ2) is 11.0. The summed E-state index contributed by atoms with van der Waals surface area (Å²) < 4.78 is 33.7. The van der Waals surface area contributed by atoms with Gasteiger partial charge in [0.25, 0.3) is 5.91 Å². The Hall–Kier alpha value is -2.38. The van der Waals surface area contributed by atoms with E-state index in [0.29, 0.717) is 31.9 Å². The molecule has 0 aliphatic carbocycles. The van der Waals surface area contributed by atoms with Crippen LogP contribution in [0.15, 0.2) is 53.4 Å². The molecule has 200 valence electrons. The Morgan fingerprint density at radius 3 is 2.50 bits per heavy atom. The van der Waals surface area contributed by atoms with Crippen molar-refractivity contribution < 1.29 is 17.9 Å². The highest BCUT2D eigenvalue weighted by Gasteiger charge is 2.28. The zero-order valence-corrected chi connectivity index (χ0v) is 23.9. The molecule has 2 aliphatic heterocycles. The first-order valence-corrected chi connectivity index (χ1v) is 15.2. The standard InChI is InChI=1S/C26H26N4O4S3.ClH/c1-29-11-10-19-22(16-29)36-26(23(19)25-27-20-4-2-3-5-21(20)35-25)28-24(31)17-6-8-18(9-7-17)37(32,33)30-12-14-34-15-13-30;/h2-9H,10-16H2,1H3,(H,28,31);1H. The topological polar surface area (TPSA) is 91.8 Å². The average Bonchev–Trinajstić information content (AvgIpc) is 3.49. The van der Waals surface area contributed by atoms with Gasteiger partial charge in [-0.3, -0.25) is 4.79 Å². The molecular formula is C26H27ClN4O4S3. The second-order valence-electron chi connectivity index (χ2n) is 9.18. The van der Waals surface area contributed by atoms with Crippen LogP contribution in [0, 0.1) is 0 Å². The lowest BCUT2D eigenvalue weighted by Gasteiger charge is -2.26. The number of hydrogen-bond acceptors (Lipinski definition) is 8. The predicted octanol–water partition coefficient (Wildman–Crippen LogP) is 4.71. The van der Waals surface area contributed by atoms with E-state index in [2.05, 4.69) is 23.3 Å². The molecule has 0 spiro atoms. The number of nitrogens with one attached hydrogen (secondary N) is 1. The van der Waals surface area contributed by atoms with Gasteiger partial charge in [0.2, 0.25) is 10.0 Å². The summed E-state index contributed by atoms with van der Waals surface area (Å²) in [5, 5.41) is 4.81. The molecule has 1 amide bonds. The lowest BCUT2D eigenvalue weighted by Crippen LogP contribution is -2.40. The van der Waals surface area contributed by atoms with E-state index >= 15 is 0 Å². The van der Waals surface area contributed by atoms with Crippen LogP contribution >= 0.6 is 35.1 Å². The number of carbonyl (C=O) groups is 1. The number of thiophene rings is 1. The summed E-state index contributed by atoms with van der Waals surface area (Å²) in [5.41, 5.74) is 3.61. The molecule has 8 nitrogen and oxygen atoms in total. The fourth-order valence-electron chi connectivity index (χ4n) is 4.71. The number of thiazole rings is 1. The number of benzene rings is 2. The Balaban J connectivity index is 0.00000294. The molecule has 2 aromatic heterocycles. The maximum atomic E-state index is 13.3. The molecule has 2 aromatic carbocycles. The molecule has 1 fully saturated rings. The third kappa shape index (κ3) is 5.12. The number of para-hydroxylation sites is 1. The lowest BCUT2D eigenvalue weighted by atomic mass is 10.0. The molecule has 4 heterocycles. The normalized spacial score (nSPS) is 16.7. The highest BCUT2D eigenvalue weighted by atomic mass is 35.5. The number of rotatable bonds is 5. The van der Waals surface area contributed by atoms with E-state index in [1.807, 2.05) is 18.2 Å². The van der Waals surface area contributed by atoms with E-state index in [-0.39, 0.29) is 23.2 Å². The minimum Gasteiger partial charge on any atom is -0.379 e. The Morgan fingerprint density at radius 2 is 1.76 bits per heavy atom. The molecule has 0 saturated carbocycles. The number of morpholine rings is 1. The first-order chi connectivity index (χ1) is 17.9. The van der Waals surface area contributed by atoms with Crippen LogP contribution in [0.1, 0.15) is 20.8 Å². The van der Waals surface area contributed by atoms with Crippen molar-refractivity contribution in [3.8, 4) is 10.6 Å². The average molecular weight is 591 g/mol. The maximum Gasteiger partial charge on any atom is 0.256 e. The predicted molar refractivity (Wildman–Crippen MR) is 154 cm³/mol. The lowest BCUT2D eigenvalue weighted by molar-refractivity contribution is 0.0730. The summed E-state index contributed by atoms with van der Waals surface area (Å²) in [6.07, 6.45) is 0.900. The fraction of sp³-hybridized carbons (Fsp3) is 0.308. The summed E-state index contributed by atoms with van der Waals surface area (Å²) in [5.74, 6) is -0.273. The Bertz CT molecular complexity index is 1540. The smallest absolute Gasteiger partial charge is 0.256 e. The molecule has 0 atom stereocenters. The third-order valence-electron chi connectivity index (χ3n) is 6.71. The summed E-state index contributed by atoms with van der Waals surface area (Å²) >= 11 is 3.23. The molecule has 1 saturated heterocycles. The third-order valence-corrected chi connectivity index (χ3v) is 10.8. The molecule has 38 heavy (non-hydrogen) atoms. The van der Waals surface area contributed by atoms with Gasteiger partial charge in [-0.2, -0.15) is 4.31 Å². The number of carbonyl (C=O) groups excluding carboxylic acids is 1. The number of hydrogen-bond donors (Lipinski definition) is 1. The van der Waals surface area contributed by atoms with E-state index in [4.69, 9.17) is 9.72 Å². The zero-order chi connectivity index (χ0) is 25.6. The van der Waals surface area contributed by atoms with Crippen LogP contribution in [-0.4, -0.2) is 68.4 Å². The number of anilines is 1. The van der Waals surface area contributed by atoms with Crippen molar-refractivity contribution in [2.45, 2.75) is 17.9 Å². The molecule has 2 aliphatic rings. The fourth-order valence-corrected chi connectivity index (χ4v) is 8.56. The van der Waals surface area contributed by atoms with Crippen molar-refractivity contribution in [1.29, 1.82) is 0 Å². The first-order valence-electron chi connectivity index (χ1n) is 12.1. The first kappa shape index (κ1) is 27.2. The van der Waals surface area contributed by atoms with Crippen LogP contribution in [0.2, 0.25) is 0 Å². The van der Waals surface area contributed by atoms with Gasteiger partial charge in [-0.15, -0.1) is 35.1 Å². The van der Waals surface area contributed by atoms with E-state index in [9.17, 15) is 13.2 Å². The summed E-state index contributed by atoms with van der Waals surface area (Å²) in [6, 6.07) is 14.2. The van der Waals surface area contributed by atoms with Gasteiger partial charge in [0, 0.05) is 42.2 Å². The molecule has 1 N–H and O–H groups in total. The van der Waals surface area contributed by atoms with E-state index in [0.717, 1.165) is 45.3 Å². The number of amides is 1. The van der Waals surface area contributed by atoms with Gasteiger partial charge in [0.1, 0.15) is 10.0 Å². The van der Waals surface area contributed by atoms with Crippen molar-refractivity contribution in [3.05, 3.63) is 64.5 Å². The molecule has 6 rings (SSSR count). The summed E-state index contributed by atoms with van der Waals surface area (Å²) in [7, 11) is -1.51. The highest BCUT2D eigenvalue weighted by molar-refractivity contribution is 7.89. The Morgan fingerprint density at radius 1 is 1.03 bits per heavy atom. The molecule has 0 radical (unpaired) electrons. The SMILES string of the molecule is CN1CCc2c(sc(NC(=O)c3ccc(S(=O)(=O)N4CCOCC4)cc3)c2-c2nc3ccccc3s2)C1.Cl. The van der Waals surface area contributed by atoms with Crippen LogP contribution in [0.3, 0.4) is 0 Å². The Labute approximate surface area is 235 Å². The minimum atomic E-state index is -3.61. The van der Waals surface area contributed by atoms with Gasteiger partial charge in [0.15, 0.2) is 0 Å². The summed E-state index contributed by atoms with van der Waals surface area (Å²) in [6.45, 7) is 3.22. The number of halogens is 1. The molecule has 12 heteroatoms. The Kier molecular flexibility index (Phi) is 7.88. The molecule has 0 bridgehead atoms. The van der Waals surface area contributed by atoms with Gasteiger partial charge in [0.05, 0.1) is 28.3 Å². The quantitative estimate of drug-likeness (QED) is 0.362. The zero-order valence-electron chi connectivity index (χ0n) is 20.7. The van der Waals surface area contributed by atoms with Gasteiger partial charge in [-0.05, 0) is 55.4 Å². The van der Waals surface area contributed by atoms with Gasteiger partial charge < -0.3 is 15.0 Å². The molecular weight excluding hydrogens is 564 g/mol. The van der Waals surface area contributed by atoms with Crippen molar-refractivity contribution in [3.63, 3.8) is 0 Å². The second-order valence-corrected chi connectivity index (χ2v) is 13.3. The largest absolute Gasteiger partial charge is 0.379 e. The van der Waals surface area contributed by atoms with Crippen molar-refractivity contribution >= 4 is 66.2 Å². The number of sulfonamides is 1. The van der Waals surface area contributed by atoms with Crippen molar-refractivity contribution in [2.24, 2.45) is 0 Å². The van der Waals surface area contributed by atoms with Crippen LogP contribution < -0.4 is 5.32 Å². The number of ether oxygens (including phenoxy) is 1. The molecule has 0 unspecified atom stereocenters. The van der Waals surface area contributed by atoms with Crippen molar-refractivity contribution in [2.75, 3.05) is 45.2 Å². The molecule has 4 aromatic rings. The van der Waals surface area contributed by atoms with Gasteiger partial charge in [-0.25, -0.2) is 13.4 Å². The number of likely N-dealkylation sites (N-methyl/N-ethyl adjacent to an activating group) is 1. The van der Waals surface area contributed by atoms with E-state index in [1.165, 1.54) is 26.9 Å². The van der Waals surface area contributed by atoms with Crippen LogP contribution in [-0.2, 0) is 27.7 Å². The maximum absolute atomic E-state index is 13.3. The number of fused-ring (bicyclic) bond motifs is 2. The van der Waals surface area contributed by atoms with Crippen LogP contribution in [0.25, 0.3) is 20.8 Å². The van der Waals surface area contributed by atoms with E-state index < -0.39 is 10.0 Å². The van der Waals surface area contributed by atoms with Crippen LogP contribution in [0.4, 0.5) is 5.00 Å². The highest BCUT2D eigenvalue weighted by Crippen LogP contribution is 2.45. The van der Waals surface area contributed by atoms with Gasteiger partial charge in [-0.1, -0.05) is 12.1 Å². The van der Waals surface area contributed by atoms with E-state index in [1.54, 1.807) is 34.8 Å². The van der Waals surface area contributed by atoms with Crippen molar-refractivity contribution in [1.82, 2.24) is 14.2 Å². The van der Waals surface area contributed by atoms with Crippen LogP contribution in [0.5, 0.6) is 0 Å². The van der Waals surface area contributed by atoms with Gasteiger partial charge >= 0.3 is 0 Å². The monoisotopic (exact) mass is 590 g/mol. The number of aromatic nitrogens is 1. The number of nitrogens with zero attached hydrogens (tertiary/aromatic N) is 3.